The summed E-state index contributed by atoms with van der Waals surface area (Å²) in [6.07, 6.45) is 7.20. The second-order valence-corrected chi connectivity index (χ2v) is 8.81. The summed E-state index contributed by atoms with van der Waals surface area (Å²) < 4.78 is 5.34. The van der Waals surface area contributed by atoms with Gasteiger partial charge >= 0.3 is 5.97 Å². The Morgan fingerprint density at radius 3 is 2.48 bits per heavy atom. The van der Waals surface area contributed by atoms with E-state index in [4.69, 9.17) is 4.74 Å². The molecule has 0 bridgehead atoms. The predicted octanol–water partition coefficient (Wildman–Crippen LogP) is 2.53. The van der Waals surface area contributed by atoms with E-state index in [9.17, 15) is 19.5 Å². The van der Waals surface area contributed by atoms with Crippen LogP contribution in [0.5, 0.6) is 0 Å². The van der Waals surface area contributed by atoms with Gasteiger partial charge in [-0.3, -0.25) is 14.4 Å². The van der Waals surface area contributed by atoms with Gasteiger partial charge in [0.05, 0.1) is 31.1 Å². The fraction of sp³-hybridized carbons (Fsp3) is 0.792. The fourth-order valence-corrected chi connectivity index (χ4v) is 5.06. The molecular formula is C24H40N2O5. The quantitative estimate of drug-likeness (QED) is 0.295. The number of hydrogen-bond acceptors (Lipinski definition) is 5. The van der Waals surface area contributed by atoms with Crippen molar-refractivity contribution in [1.29, 1.82) is 0 Å². The smallest absolute Gasteiger partial charge is 0.310 e. The van der Waals surface area contributed by atoms with Crippen molar-refractivity contribution < 1.29 is 24.2 Å². The molecule has 0 aromatic carbocycles. The average Bonchev–Trinajstić information content (AvgIpc) is 3.06. The van der Waals surface area contributed by atoms with Crippen LogP contribution in [0.2, 0.25) is 0 Å². The maximum atomic E-state index is 13.8. The molecule has 2 aliphatic rings. The molecule has 2 rings (SSSR count). The third-order valence-corrected chi connectivity index (χ3v) is 7.02. The number of nitrogens with zero attached hydrogens (tertiary/aromatic N) is 1. The number of ether oxygens (including phenoxy) is 1. The van der Waals surface area contributed by atoms with Gasteiger partial charge in [-0.25, -0.2) is 0 Å². The third kappa shape index (κ3) is 5.13. The second kappa shape index (κ2) is 11.7. The van der Waals surface area contributed by atoms with E-state index < -0.39 is 29.8 Å². The van der Waals surface area contributed by atoms with Crippen LogP contribution in [-0.2, 0) is 19.1 Å². The Labute approximate surface area is 186 Å². The molecule has 1 saturated heterocycles. The number of aliphatic hydroxyl groups is 1. The van der Waals surface area contributed by atoms with Crippen molar-refractivity contribution in [3.8, 4) is 0 Å². The minimum Gasteiger partial charge on any atom is -0.466 e. The molecule has 2 N–H and O–H groups in total. The molecule has 7 atom stereocenters. The monoisotopic (exact) mass is 436 g/mol. The Kier molecular flexibility index (Phi) is 9.54. The van der Waals surface area contributed by atoms with Crippen LogP contribution >= 0.6 is 0 Å². The van der Waals surface area contributed by atoms with Crippen LogP contribution in [0.25, 0.3) is 0 Å². The first-order valence-corrected chi connectivity index (χ1v) is 11.9. The number of amides is 2. The number of aliphatic hydroxyl groups excluding tert-OH is 1. The summed E-state index contributed by atoms with van der Waals surface area (Å²) in [5, 5.41) is 13.2. The highest BCUT2D eigenvalue weighted by molar-refractivity contribution is 5.96. The number of unbranched alkanes of at least 4 members (excludes halogenated alkanes) is 1. The van der Waals surface area contributed by atoms with Crippen LogP contribution in [0.1, 0.15) is 60.3 Å². The van der Waals surface area contributed by atoms with Gasteiger partial charge in [0.15, 0.2) is 0 Å². The number of esters is 1. The summed E-state index contributed by atoms with van der Waals surface area (Å²) in [4.78, 5) is 41.5. The van der Waals surface area contributed by atoms with Crippen LogP contribution < -0.4 is 5.32 Å². The zero-order valence-corrected chi connectivity index (χ0v) is 19.7. The first-order chi connectivity index (χ1) is 14.9. The molecule has 1 heterocycles. The molecule has 2 amide bonds. The fourth-order valence-electron chi connectivity index (χ4n) is 5.06. The van der Waals surface area contributed by atoms with Gasteiger partial charge in [-0.05, 0) is 31.6 Å². The van der Waals surface area contributed by atoms with Crippen molar-refractivity contribution in [3.63, 3.8) is 0 Å². The van der Waals surface area contributed by atoms with Crippen LogP contribution in [0.4, 0.5) is 0 Å². The lowest BCUT2D eigenvalue weighted by atomic mass is 9.69. The van der Waals surface area contributed by atoms with Crippen LogP contribution in [0, 0.1) is 29.6 Å². The topological polar surface area (TPSA) is 95.9 Å². The molecular weight excluding hydrogens is 396 g/mol. The molecule has 0 radical (unpaired) electrons. The summed E-state index contributed by atoms with van der Waals surface area (Å²) in [7, 11) is 0. The van der Waals surface area contributed by atoms with Crippen LogP contribution in [-0.4, -0.2) is 59.6 Å². The van der Waals surface area contributed by atoms with Gasteiger partial charge in [-0.2, -0.15) is 0 Å². The van der Waals surface area contributed by atoms with Gasteiger partial charge in [0.2, 0.25) is 11.8 Å². The van der Waals surface area contributed by atoms with Crippen molar-refractivity contribution in [2.75, 3.05) is 19.8 Å². The van der Waals surface area contributed by atoms with Crippen molar-refractivity contribution >= 4 is 17.8 Å². The van der Waals surface area contributed by atoms with Crippen molar-refractivity contribution in [2.24, 2.45) is 29.6 Å². The molecule has 0 spiro atoms. The normalized spacial score (nSPS) is 29.4. The number of fused-ring (bicyclic) bond motifs is 1. The molecule has 1 aliphatic heterocycles. The molecule has 1 fully saturated rings. The Bertz CT molecular complexity index is 664. The van der Waals surface area contributed by atoms with Crippen LogP contribution in [0.3, 0.4) is 0 Å². The van der Waals surface area contributed by atoms with Crippen LogP contribution in [0.15, 0.2) is 12.2 Å². The number of hydrogen-bond donors (Lipinski definition) is 2. The standard InChI is InChI=1S/C24H40N2O5/c1-6-10-13-25-22(28)21-17-12-11-16(8-3)19(24(30)31-9-4)20(17)23(29)26(21)18(14-27)15(5)7-2/h11-12,15-21,27H,6-10,13-14H2,1-5H3,(H,25,28)/t15-,16+,17-,18-,19+,20-,21-/m0/s1. The third-order valence-electron chi connectivity index (χ3n) is 7.02. The second-order valence-electron chi connectivity index (χ2n) is 8.81. The summed E-state index contributed by atoms with van der Waals surface area (Å²) in [6.45, 7) is 10.4. The van der Waals surface area contributed by atoms with E-state index in [0.717, 1.165) is 19.3 Å². The van der Waals surface area contributed by atoms with E-state index in [1.54, 1.807) is 11.8 Å². The first kappa shape index (κ1) is 25.4. The lowest BCUT2D eigenvalue weighted by Gasteiger charge is -2.36. The molecule has 0 aromatic rings. The van der Waals surface area contributed by atoms with Gasteiger partial charge < -0.3 is 20.1 Å². The summed E-state index contributed by atoms with van der Waals surface area (Å²) in [5.74, 6) is -2.56. The molecule has 7 nitrogen and oxygen atoms in total. The molecule has 1 aliphatic carbocycles. The molecule has 0 unspecified atom stereocenters. The van der Waals surface area contributed by atoms with E-state index >= 15 is 0 Å². The summed E-state index contributed by atoms with van der Waals surface area (Å²) >= 11 is 0. The van der Waals surface area contributed by atoms with Gasteiger partial charge in [0.25, 0.3) is 0 Å². The van der Waals surface area contributed by atoms with Gasteiger partial charge in [-0.1, -0.05) is 52.7 Å². The largest absolute Gasteiger partial charge is 0.466 e. The maximum Gasteiger partial charge on any atom is 0.310 e. The SMILES string of the molecule is CCCCNC(=O)[C@@H]1[C@H]2C=C[C@@H](CC)[C@@H](C(=O)OCC)[C@H]2C(=O)N1[C@@H](CO)[C@@H](C)CC. The zero-order valence-electron chi connectivity index (χ0n) is 19.7. The number of likely N-dealkylation sites (tertiary alicyclic amines) is 1. The Morgan fingerprint density at radius 2 is 1.94 bits per heavy atom. The van der Waals surface area contributed by atoms with E-state index in [2.05, 4.69) is 12.2 Å². The lowest BCUT2D eigenvalue weighted by Crippen LogP contribution is -2.54. The average molecular weight is 437 g/mol. The molecule has 7 heteroatoms. The Balaban J connectivity index is 2.50. The minimum absolute atomic E-state index is 0.0204. The number of carbonyl (C=O) groups excluding carboxylic acids is 3. The molecule has 176 valence electrons. The Hall–Kier alpha value is -1.89. The lowest BCUT2D eigenvalue weighted by molar-refractivity contribution is -0.156. The summed E-state index contributed by atoms with van der Waals surface area (Å²) in [6, 6.07) is -1.20. The number of rotatable bonds is 11. The van der Waals surface area contributed by atoms with E-state index in [0.29, 0.717) is 13.0 Å². The number of carbonyl (C=O) groups is 3. The zero-order chi connectivity index (χ0) is 23.1. The van der Waals surface area contributed by atoms with Gasteiger partial charge in [0, 0.05) is 12.5 Å². The summed E-state index contributed by atoms with van der Waals surface area (Å²) in [5.41, 5.74) is 0. The number of nitrogens with one attached hydrogen (secondary N) is 1. The molecule has 0 saturated carbocycles. The van der Waals surface area contributed by atoms with E-state index in [1.165, 1.54) is 0 Å². The highest BCUT2D eigenvalue weighted by Crippen LogP contribution is 2.46. The predicted molar refractivity (Wildman–Crippen MR) is 119 cm³/mol. The minimum atomic E-state index is -0.730. The van der Waals surface area contributed by atoms with Crippen molar-refractivity contribution in [3.05, 3.63) is 12.2 Å². The van der Waals surface area contributed by atoms with Crippen molar-refractivity contribution in [1.82, 2.24) is 10.2 Å². The Morgan fingerprint density at radius 1 is 1.23 bits per heavy atom. The highest BCUT2D eigenvalue weighted by atomic mass is 16.5. The van der Waals surface area contributed by atoms with E-state index in [1.807, 2.05) is 32.9 Å². The number of allylic oxidation sites excluding steroid dienone is 1. The molecule has 31 heavy (non-hydrogen) atoms. The van der Waals surface area contributed by atoms with E-state index in [-0.39, 0.29) is 42.8 Å². The van der Waals surface area contributed by atoms with Gasteiger partial charge in [0.1, 0.15) is 6.04 Å². The van der Waals surface area contributed by atoms with Gasteiger partial charge in [-0.15, -0.1) is 0 Å². The molecule has 0 aromatic heterocycles. The maximum absolute atomic E-state index is 13.8. The first-order valence-electron chi connectivity index (χ1n) is 11.9. The highest BCUT2D eigenvalue weighted by Gasteiger charge is 2.59. The van der Waals surface area contributed by atoms with Crippen molar-refractivity contribution in [2.45, 2.75) is 72.4 Å².